The molecule has 2 aromatic carbocycles. The lowest BCUT2D eigenvalue weighted by Crippen LogP contribution is -2.32. The lowest BCUT2D eigenvalue weighted by Gasteiger charge is -2.19. The maximum absolute atomic E-state index is 12.9. The van der Waals surface area contributed by atoms with Crippen LogP contribution in [0.5, 0.6) is 0 Å². The molecular weight excluding hydrogens is 386 g/mol. The van der Waals surface area contributed by atoms with E-state index in [9.17, 15) is 4.79 Å². The average Bonchev–Trinajstić information content (AvgIpc) is 3.47. The van der Waals surface area contributed by atoms with Gasteiger partial charge < -0.3 is 9.64 Å². The van der Waals surface area contributed by atoms with E-state index in [0.717, 1.165) is 47.4 Å². The minimum atomic E-state index is 0.0856. The van der Waals surface area contributed by atoms with Crippen LogP contribution in [0.15, 0.2) is 54.9 Å². The Morgan fingerprint density at radius 1 is 1.21 bits per heavy atom. The highest BCUT2D eigenvalue weighted by Gasteiger charge is 2.31. The molecule has 29 heavy (non-hydrogen) atoms. The molecule has 1 saturated heterocycles. The van der Waals surface area contributed by atoms with Gasteiger partial charge in [-0.3, -0.25) is 4.79 Å². The van der Waals surface area contributed by atoms with E-state index in [2.05, 4.69) is 17.2 Å². The maximum atomic E-state index is 12.9. The topological polar surface area (TPSA) is 47.4 Å². The molecule has 0 bridgehead atoms. The monoisotopic (exact) mass is 407 g/mol. The summed E-state index contributed by atoms with van der Waals surface area (Å²) in [5.74, 6) is 0.0856. The standard InChI is InChI=1S/C23H22ClN3O2/c24-22-13-18-14-26(15-20-3-1-10-29-20)23(28)21(18)12-17(22)11-16-4-6-19(7-5-16)27-9-2-8-25-27/h2,4-9,12-13,20H,1,3,10-11,14-15H2. The fraction of sp³-hybridized carbons (Fsp3) is 0.304. The highest BCUT2D eigenvalue weighted by molar-refractivity contribution is 6.31. The molecule has 1 fully saturated rings. The Kier molecular flexibility index (Phi) is 4.86. The zero-order valence-corrected chi connectivity index (χ0v) is 16.8. The molecule has 2 aliphatic rings. The smallest absolute Gasteiger partial charge is 0.254 e. The van der Waals surface area contributed by atoms with Crippen molar-refractivity contribution in [1.82, 2.24) is 14.7 Å². The van der Waals surface area contributed by atoms with Gasteiger partial charge >= 0.3 is 0 Å². The van der Waals surface area contributed by atoms with Crippen molar-refractivity contribution in [3.05, 3.63) is 82.1 Å². The van der Waals surface area contributed by atoms with Crippen molar-refractivity contribution in [3.63, 3.8) is 0 Å². The number of amides is 1. The number of halogens is 1. The Hall–Kier alpha value is -2.63. The number of hydrogen-bond donors (Lipinski definition) is 0. The highest BCUT2D eigenvalue weighted by Crippen LogP contribution is 2.31. The van der Waals surface area contributed by atoms with Crippen LogP contribution in [0.3, 0.4) is 0 Å². The van der Waals surface area contributed by atoms with Crippen LogP contribution in [0.2, 0.25) is 5.02 Å². The van der Waals surface area contributed by atoms with Crippen molar-refractivity contribution < 1.29 is 9.53 Å². The summed E-state index contributed by atoms with van der Waals surface area (Å²) in [6.45, 7) is 2.08. The third-order valence-corrected chi connectivity index (χ3v) is 6.05. The van der Waals surface area contributed by atoms with E-state index in [0.29, 0.717) is 24.5 Å². The van der Waals surface area contributed by atoms with Gasteiger partial charge in [0.2, 0.25) is 0 Å². The first kappa shape index (κ1) is 18.4. The van der Waals surface area contributed by atoms with Gasteiger partial charge in [-0.05, 0) is 66.3 Å². The van der Waals surface area contributed by atoms with Crippen molar-refractivity contribution in [3.8, 4) is 5.69 Å². The zero-order valence-electron chi connectivity index (χ0n) is 16.1. The molecule has 0 saturated carbocycles. The Bertz CT molecular complexity index is 1030. The molecule has 1 atom stereocenters. The normalized spacial score (nSPS) is 18.4. The van der Waals surface area contributed by atoms with Crippen LogP contribution in [0, 0.1) is 0 Å². The van der Waals surface area contributed by atoms with Crippen LogP contribution in [-0.4, -0.2) is 39.8 Å². The van der Waals surface area contributed by atoms with Crippen LogP contribution < -0.4 is 0 Å². The van der Waals surface area contributed by atoms with E-state index in [1.54, 1.807) is 6.20 Å². The molecule has 0 radical (unpaired) electrons. The predicted molar refractivity (Wildman–Crippen MR) is 112 cm³/mol. The van der Waals surface area contributed by atoms with Crippen molar-refractivity contribution in [1.29, 1.82) is 0 Å². The number of hydrogen-bond acceptors (Lipinski definition) is 3. The van der Waals surface area contributed by atoms with Gasteiger partial charge in [0.1, 0.15) is 0 Å². The Morgan fingerprint density at radius 2 is 2.07 bits per heavy atom. The van der Waals surface area contributed by atoms with Crippen molar-refractivity contribution >= 4 is 17.5 Å². The molecular formula is C23H22ClN3O2. The summed E-state index contributed by atoms with van der Waals surface area (Å²) in [5.41, 5.74) is 4.92. The summed E-state index contributed by atoms with van der Waals surface area (Å²) < 4.78 is 7.53. The SMILES string of the molecule is O=C1c2cc(Cc3ccc(-n4cccn4)cc3)c(Cl)cc2CN1CC1CCCO1. The molecule has 0 spiro atoms. The summed E-state index contributed by atoms with van der Waals surface area (Å²) in [4.78, 5) is 14.8. The molecule has 0 aliphatic carbocycles. The molecule has 5 rings (SSSR count). The molecule has 1 amide bonds. The Labute approximate surface area is 174 Å². The minimum absolute atomic E-state index is 0.0856. The number of aromatic nitrogens is 2. The molecule has 1 aromatic heterocycles. The predicted octanol–water partition coefficient (Wildman–Crippen LogP) is 4.25. The van der Waals surface area contributed by atoms with E-state index in [1.165, 1.54) is 0 Å². The van der Waals surface area contributed by atoms with Crippen LogP contribution in [-0.2, 0) is 17.7 Å². The van der Waals surface area contributed by atoms with E-state index < -0.39 is 0 Å². The number of carbonyl (C=O) groups is 1. The third-order valence-electron chi connectivity index (χ3n) is 5.70. The summed E-state index contributed by atoms with van der Waals surface area (Å²) in [6, 6.07) is 14.1. The van der Waals surface area contributed by atoms with Crippen molar-refractivity contribution in [2.24, 2.45) is 0 Å². The van der Waals surface area contributed by atoms with Gasteiger partial charge in [0.15, 0.2) is 0 Å². The van der Waals surface area contributed by atoms with E-state index >= 15 is 0 Å². The first-order valence-corrected chi connectivity index (χ1v) is 10.4. The Morgan fingerprint density at radius 3 is 2.79 bits per heavy atom. The molecule has 0 N–H and O–H groups in total. The molecule has 3 heterocycles. The van der Waals surface area contributed by atoms with Crippen molar-refractivity contribution in [2.45, 2.75) is 31.9 Å². The molecule has 5 nitrogen and oxygen atoms in total. The maximum Gasteiger partial charge on any atom is 0.254 e. The number of nitrogens with zero attached hydrogens (tertiary/aromatic N) is 3. The van der Waals surface area contributed by atoms with Gasteiger partial charge in [-0.1, -0.05) is 23.7 Å². The van der Waals surface area contributed by atoms with Gasteiger partial charge in [0.25, 0.3) is 5.91 Å². The first-order chi connectivity index (χ1) is 14.2. The molecule has 3 aromatic rings. The van der Waals surface area contributed by atoms with Gasteiger partial charge in [-0.25, -0.2) is 4.68 Å². The fourth-order valence-corrected chi connectivity index (χ4v) is 4.42. The summed E-state index contributed by atoms with van der Waals surface area (Å²) >= 11 is 6.57. The summed E-state index contributed by atoms with van der Waals surface area (Å²) in [6.07, 6.45) is 6.63. The average molecular weight is 408 g/mol. The Balaban J connectivity index is 1.33. The van der Waals surface area contributed by atoms with Gasteiger partial charge in [0, 0.05) is 42.7 Å². The first-order valence-electron chi connectivity index (χ1n) is 9.98. The fourth-order valence-electron chi connectivity index (χ4n) is 4.16. The number of carbonyl (C=O) groups excluding carboxylic acids is 1. The zero-order chi connectivity index (χ0) is 19.8. The second kappa shape index (κ2) is 7.65. The van der Waals surface area contributed by atoms with Gasteiger partial charge in [-0.2, -0.15) is 5.10 Å². The van der Waals surface area contributed by atoms with E-state index in [1.807, 2.05) is 46.1 Å². The summed E-state index contributed by atoms with van der Waals surface area (Å²) in [5, 5.41) is 4.96. The lowest BCUT2D eigenvalue weighted by atomic mass is 10.00. The molecule has 6 heteroatoms. The summed E-state index contributed by atoms with van der Waals surface area (Å²) in [7, 11) is 0. The van der Waals surface area contributed by atoms with Crippen LogP contribution >= 0.6 is 11.6 Å². The number of benzene rings is 2. The lowest BCUT2D eigenvalue weighted by molar-refractivity contribution is 0.0545. The van der Waals surface area contributed by atoms with Crippen molar-refractivity contribution in [2.75, 3.05) is 13.2 Å². The number of ether oxygens (including phenoxy) is 1. The highest BCUT2D eigenvalue weighted by atomic mass is 35.5. The van der Waals surface area contributed by atoms with Gasteiger partial charge in [-0.15, -0.1) is 0 Å². The second-order valence-electron chi connectivity index (χ2n) is 7.72. The number of fused-ring (bicyclic) bond motifs is 1. The van der Waals surface area contributed by atoms with Crippen LogP contribution in [0.1, 0.15) is 39.9 Å². The molecule has 148 valence electrons. The quantitative estimate of drug-likeness (QED) is 0.635. The largest absolute Gasteiger partial charge is 0.376 e. The van der Waals surface area contributed by atoms with E-state index in [4.69, 9.17) is 16.3 Å². The van der Waals surface area contributed by atoms with Crippen LogP contribution in [0.25, 0.3) is 5.69 Å². The molecule has 1 unspecified atom stereocenters. The minimum Gasteiger partial charge on any atom is -0.376 e. The molecule has 2 aliphatic heterocycles. The van der Waals surface area contributed by atoms with Gasteiger partial charge in [0.05, 0.1) is 11.8 Å². The second-order valence-corrected chi connectivity index (χ2v) is 8.12. The van der Waals surface area contributed by atoms with Crippen LogP contribution in [0.4, 0.5) is 0 Å². The van der Waals surface area contributed by atoms with E-state index in [-0.39, 0.29) is 12.0 Å². The number of rotatable bonds is 5. The third kappa shape index (κ3) is 3.68.